The topological polar surface area (TPSA) is 68.0 Å². The maximum atomic E-state index is 12.1. The highest BCUT2D eigenvalue weighted by Crippen LogP contribution is 2.19. The third-order valence-corrected chi connectivity index (χ3v) is 4.07. The van der Waals surface area contributed by atoms with Gasteiger partial charge in [0, 0.05) is 23.4 Å². The fourth-order valence-corrected chi connectivity index (χ4v) is 2.56. The van der Waals surface area contributed by atoms with Crippen LogP contribution in [0, 0.1) is 0 Å². The number of hydrogen-bond donors (Lipinski definition) is 1. The van der Waals surface area contributed by atoms with Crippen LogP contribution < -0.4 is 5.32 Å². The molecule has 0 bridgehead atoms. The van der Waals surface area contributed by atoms with Gasteiger partial charge in [-0.15, -0.1) is 0 Å². The van der Waals surface area contributed by atoms with Crippen molar-refractivity contribution >= 4 is 17.5 Å². The molecule has 0 saturated carbocycles. The van der Waals surface area contributed by atoms with Crippen molar-refractivity contribution in [3.63, 3.8) is 0 Å². The Morgan fingerprint density at radius 1 is 1.16 bits per heavy atom. The first-order valence-corrected chi connectivity index (χ1v) is 8.42. The molecule has 5 nitrogen and oxygen atoms in total. The molecular weight excluding hydrogens is 338 g/mol. The van der Waals surface area contributed by atoms with Gasteiger partial charge in [-0.1, -0.05) is 47.1 Å². The predicted octanol–water partition coefficient (Wildman–Crippen LogP) is 4.20. The Morgan fingerprint density at radius 2 is 1.88 bits per heavy atom. The van der Waals surface area contributed by atoms with Gasteiger partial charge in [-0.25, -0.2) is 0 Å². The quantitative estimate of drug-likeness (QED) is 0.719. The van der Waals surface area contributed by atoms with Gasteiger partial charge >= 0.3 is 0 Å². The lowest BCUT2D eigenvalue weighted by atomic mass is 10.1. The lowest BCUT2D eigenvalue weighted by Crippen LogP contribution is -2.26. The van der Waals surface area contributed by atoms with Crippen molar-refractivity contribution in [2.75, 3.05) is 0 Å². The first-order chi connectivity index (χ1) is 12.1. The Balaban J connectivity index is 1.53. The highest BCUT2D eigenvalue weighted by molar-refractivity contribution is 6.30. The van der Waals surface area contributed by atoms with Crippen LogP contribution in [-0.2, 0) is 11.2 Å². The van der Waals surface area contributed by atoms with Crippen LogP contribution in [0.15, 0.2) is 59.1 Å². The number of aromatic nitrogens is 2. The van der Waals surface area contributed by atoms with Crippen molar-refractivity contribution in [3.8, 4) is 11.4 Å². The van der Waals surface area contributed by atoms with E-state index in [9.17, 15) is 4.79 Å². The molecule has 1 N–H and O–H groups in total. The molecule has 1 aromatic heterocycles. The smallest absolute Gasteiger partial charge is 0.227 e. The van der Waals surface area contributed by atoms with Crippen molar-refractivity contribution in [2.45, 2.75) is 25.8 Å². The van der Waals surface area contributed by atoms with Crippen LogP contribution in [0.25, 0.3) is 11.4 Å². The van der Waals surface area contributed by atoms with Crippen LogP contribution in [-0.4, -0.2) is 16.0 Å². The van der Waals surface area contributed by atoms with Gasteiger partial charge in [0.15, 0.2) is 0 Å². The lowest BCUT2D eigenvalue weighted by Gasteiger charge is -2.13. The van der Waals surface area contributed by atoms with Crippen molar-refractivity contribution in [1.82, 2.24) is 15.5 Å². The molecule has 128 valence electrons. The van der Waals surface area contributed by atoms with E-state index in [4.69, 9.17) is 16.1 Å². The van der Waals surface area contributed by atoms with Crippen LogP contribution in [0.1, 0.15) is 30.8 Å². The second-order valence-corrected chi connectivity index (χ2v) is 6.15. The zero-order valence-corrected chi connectivity index (χ0v) is 14.5. The molecule has 6 heteroatoms. The Hall–Kier alpha value is -2.66. The molecular formula is C19H18ClN3O2. The van der Waals surface area contributed by atoms with E-state index in [0.717, 1.165) is 11.1 Å². The van der Waals surface area contributed by atoms with E-state index in [-0.39, 0.29) is 11.9 Å². The van der Waals surface area contributed by atoms with Crippen LogP contribution >= 0.6 is 11.6 Å². The maximum Gasteiger partial charge on any atom is 0.227 e. The van der Waals surface area contributed by atoms with Gasteiger partial charge in [0.05, 0.1) is 6.04 Å². The van der Waals surface area contributed by atoms with Gasteiger partial charge in [0.1, 0.15) is 0 Å². The fourth-order valence-electron chi connectivity index (χ4n) is 2.43. The van der Waals surface area contributed by atoms with Crippen LogP contribution in [0.5, 0.6) is 0 Å². The molecule has 1 amide bonds. The molecule has 25 heavy (non-hydrogen) atoms. The third kappa shape index (κ3) is 4.67. The monoisotopic (exact) mass is 355 g/mol. The summed E-state index contributed by atoms with van der Waals surface area (Å²) in [5.74, 6) is 0.875. The minimum atomic E-state index is -0.0532. The normalized spacial score (nSPS) is 11.9. The summed E-state index contributed by atoms with van der Waals surface area (Å²) in [7, 11) is 0. The SMILES string of the molecule is C[C@H](NC(=O)CCc1nc(-c2ccc(Cl)cc2)no1)c1ccccc1. The second kappa shape index (κ2) is 7.94. The van der Waals surface area contributed by atoms with E-state index in [1.165, 1.54) is 0 Å². The molecule has 2 aromatic carbocycles. The molecule has 0 unspecified atom stereocenters. The number of benzene rings is 2. The van der Waals surface area contributed by atoms with E-state index in [1.54, 1.807) is 12.1 Å². The molecule has 0 aliphatic rings. The van der Waals surface area contributed by atoms with Gasteiger partial charge in [-0.3, -0.25) is 4.79 Å². The number of rotatable bonds is 6. The van der Waals surface area contributed by atoms with Gasteiger partial charge in [-0.2, -0.15) is 4.98 Å². The van der Waals surface area contributed by atoms with Crippen molar-refractivity contribution in [2.24, 2.45) is 0 Å². The van der Waals surface area contributed by atoms with Gasteiger partial charge < -0.3 is 9.84 Å². The molecule has 0 aliphatic carbocycles. The number of amides is 1. The molecule has 1 heterocycles. The van der Waals surface area contributed by atoms with E-state index in [1.807, 2.05) is 49.4 Å². The highest BCUT2D eigenvalue weighted by atomic mass is 35.5. The molecule has 0 fully saturated rings. The average Bonchev–Trinajstić information content (AvgIpc) is 3.10. The number of halogens is 1. The first-order valence-electron chi connectivity index (χ1n) is 8.04. The summed E-state index contributed by atoms with van der Waals surface area (Å²) in [6.45, 7) is 1.96. The number of aryl methyl sites for hydroxylation is 1. The zero-order valence-electron chi connectivity index (χ0n) is 13.8. The molecule has 0 aliphatic heterocycles. The highest BCUT2D eigenvalue weighted by Gasteiger charge is 2.13. The van der Waals surface area contributed by atoms with Crippen LogP contribution in [0.4, 0.5) is 0 Å². The van der Waals surface area contributed by atoms with Gasteiger partial charge in [0.2, 0.25) is 17.6 Å². The van der Waals surface area contributed by atoms with E-state index >= 15 is 0 Å². The Morgan fingerprint density at radius 3 is 2.60 bits per heavy atom. The molecule has 0 radical (unpaired) electrons. The summed E-state index contributed by atoms with van der Waals surface area (Å²) >= 11 is 5.87. The minimum absolute atomic E-state index is 0.0407. The summed E-state index contributed by atoms with van der Waals surface area (Å²) in [6, 6.07) is 17.0. The Labute approximate surface area is 151 Å². The van der Waals surface area contributed by atoms with Gasteiger partial charge in [0.25, 0.3) is 0 Å². The molecule has 0 spiro atoms. The maximum absolute atomic E-state index is 12.1. The Bertz CT molecular complexity index is 831. The summed E-state index contributed by atoms with van der Waals surface area (Å²) < 4.78 is 5.22. The van der Waals surface area contributed by atoms with Crippen molar-refractivity contribution < 1.29 is 9.32 Å². The third-order valence-electron chi connectivity index (χ3n) is 3.81. The van der Waals surface area contributed by atoms with Crippen molar-refractivity contribution in [1.29, 1.82) is 0 Å². The fraction of sp³-hybridized carbons (Fsp3) is 0.211. The van der Waals surface area contributed by atoms with Crippen LogP contribution in [0.3, 0.4) is 0 Å². The van der Waals surface area contributed by atoms with E-state index < -0.39 is 0 Å². The van der Waals surface area contributed by atoms with E-state index in [0.29, 0.717) is 29.6 Å². The zero-order chi connectivity index (χ0) is 17.6. The van der Waals surface area contributed by atoms with Crippen molar-refractivity contribution in [3.05, 3.63) is 71.1 Å². The molecule has 3 rings (SSSR count). The number of carbonyl (C=O) groups excluding carboxylic acids is 1. The standard InChI is InChI=1S/C19H18ClN3O2/c1-13(14-5-3-2-4-6-14)21-17(24)11-12-18-22-19(23-25-18)15-7-9-16(20)10-8-15/h2-10,13H,11-12H2,1H3,(H,21,24)/t13-/m0/s1. The number of nitrogens with one attached hydrogen (secondary N) is 1. The second-order valence-electron chi connectivity index (χ2n) is 5.72. The molecule has 1 atom stereocenters. The number of hydrogen-bond acceptors (Lipinski definition) is 4. The predicted molar refractivity (Wildman–Crippen MR) is 96.1 cm³/mol. The minimum Gasteiger partial charge on any atom is -0.350 e. The first kappa shape index (κ1) is 17.2. The largest absolute Gasteiger partial charge is 0.350 e. The summed E-state index contributed by atoms with van der Waals surface area (Å²) in [6.07, 6.45) is 0.688. The summed E-state index contributed by atoms with van der Waals surface area (Å²) in [5, 5.41) is 7.56. The average molecular weight is 356 g/mol. The summed E-state index contributed by atoms with van der Waals surface area (Å²) in [4.78, 5) is 16.4. The molecule has 0 saturated heterocycles. The number of nitrogens with zero attached hydrogens (tertiary/aromatic N) is 2. The van der Waals surface area contributed by atoms with Gasteiger partial charge in [-0.05, 0) is 36.8 Å². The summed E-state index contributed by atoms with van der Waals surface area (Å²) in [5.41, 5.74) is 1.89. The molecule has 3 aromatic rings. The Kier molecular flexibility index (Phi) is 5.46. The number of carbonyl (C=O) groups is 1. The lowest BCUT2D eigenvalue weighted by molar-refractivity contribution is -0.121. The van der Waals surface area contributed by atoms with Crippen LogP contribution in [0.2, 0.25) is 5.02 Å². The van der Waals surface area contributed by atoms with E-state index in [2.05, 4.69) is 15.5 Å².